The first-order valence-electron chi connectivity index (χ1n) is 16.1. The maximum Gasteiger partial charge on any atom is 0.0292 e. The lowest BCUT2D eigenvalue weighted by Crippen LogP contribution is -2.29. The summed E-state index contributed by atoms with van der Waals surface area (Å²) in [6, 6.07) is 21.6. The highest BCUT2D eigenvalue weighted by atomic mass is 14.9. The predicted molar refractivity (Wildman–Crippen MR) is 179 cm³/mol. The molecule has 7 N–H and O–H groups in total. The van der Waals surface area contributed by atoms with Crippen LogP contribution in [0.1, 0.15) is 109 Å². The highest BCUT2D eigenvalue weighted by molar-refractivity contribution is 5.19. The van der Waals surface area contributed by atoms with Crippen LogP contribution in [0.2, 0.25) is 0 Å². The minimum Gasteiger partial charge on any atom is -0.330 e. The average molecular weight is 556 g/mol. The van der Waals surface area contributed by atoms with Gasteiger partial charge in [0, 0.05) is 12.1 Å². The maximum absolute atomic E-state index is 5.79. The molecule has 0 bridgehead atoms. The van der Waals surface area contributed by atoms with Gasteiger partial charge in [0.25, 0.3) is 0 Å². The number of piperidine rings is 1. The van der Waals surface area contributed by atoms with Crippen LogP contribution in [0.25, 0.3) is 0 Å². The lowest BCUT2D eigenvalue weighted by Gasteiger charge is -2.20. The van der Waals surface area contributed by atoms with E-state index >= 15 is 0 Å². The van der Waals surface area contributed by atoms with Crippen LogP contribution in [-0.4, -0.2) is 45.8 Å². The molecule has 2 unspecified atom stereocenters. The Labute approximate surface area is 248 Å². The normalized spacial score (nSPS) is 19.1. The molecule has 2 heterocycles. The smallest absolute Gasteiger partial charge is 0.0292 e. The summed E-state index contributed by atoms with van der Waals surface area (Å²) in [4.78, 5) is 0. The molecule has 2 fully saturated rings. The van der Waals surface area contributed by atoms with E-state index in [1.165, 1.54) is 75.7 Å². The Morgan fingerprint density at radius 1 is 0.850 bits per heavy atom. The van der Waals surface area contributed by atoms with E-state index in [1.54, 1.807) is 0 Å². The van der Waals surface area contributed by atoms with E-state index < -0.39 is 0 Å². The first-order chi connectivity index (χ1) is 19.5. The third kappa shape index (κ3) is 20.2. The molecular formula is C35H65N5. The van der Waals surface area contributed by atoms with Gasteiger partial charge < -0.3 is 27.4 Å². The van der Waals surface area contributed by atoms with Gasteiger partial charge in [-0.2, -0.15) is 0 Å². The predicted octanol–water partition coefficient (Wildman–Crippen LogP) is 7.01. The van der Waals surface area contributed by atoms with Crippen molar-refractivity contribution in [1.82, 2.24) is 16.0 Å². The summed E-state index contributed by atoms with van der Waals surface area (Å²) in [5.74, 6) is 1.46. The molecule has 2 aromatic carbocycles. The molecule has 2 aromatic rings. The van der Waals surface area contributed by atoms with E-state index in [1.807, 2.05) is 43.4 Å². The molecule has 5 nitrogen and oxygen atoms in total. The van der Waals surface area contributed by atoms with Gasteiger partial charge in [-0.15, -0.1) is 0 Å². The molecule has 0 radical (unpaired) electrons. The summed E-state index contributed by atoms with van der Waals surface area (Å²) in [5.41, 5.74) is 13.8. The van der Waals surface area contributed by atoms with Crippen LogP contribution in [0.3, 0.4) is 0 Å². The van der Waals surface area contributed by atoms with Crippen molar-refractivity contribution in [1.29, 1.82) is 0 Å². The number of benzene rings is 2. The largest absolute Gasteiger partial charge is 0.330 e. The first kappa shape index (κ1) is 38.2. The summed E-state index contributed by atoms with van der Waals surface area (Å²) in [6.45, 7) is 16.5. The van der Waals surface area contributed by atoms with Crippen LogP contribution in [-0.2, 0) is 0 Å². The Balaban J connectivity index is 0.000000485. The van der Waals surface area contributed by atoms with E-state index in [4.69, 9.17) is 11.5 Å². The molecule has 2 saturated heterocycles. The van der Waals surface area contributed by atoms with Crippen LogP contribution in [0.15, 0.2) is 60.7 Å². The van der Waals surface area contributed by atoms with E-state index in [9.17, 15) is 0 Å². The highest BCUT2D eigenvalue weighted by Gasteiger charge is 2.10. The summed E-state index contributed by atoms with van der Waals surface area (Å²) in [7, 11) is 1.96. The third-order valence-electron chi connectivity index (χ3n) is 7.52. The average Bonchev–Trinajstić information content (AvgIpc) is 3.57. The maximum atomic E-state index is 5.79. The van der Waals surface area contributed by atoms with Crippen LogP contribution in [0.4, 0.5) is 0 Å². The van der Waals surface area contributed by atoms with Crippen LogP contribution < -0.4 is 27.4 Å². The summed E-state index contributed by atoms with van der Waals surface area (Å²) < 4.78 is 0. The lowest BCUT2D eigenvalue weighted by atomic mass is 9.97. The third-order valence-corrected chi connectivity index (χ3v) is 7.52. The van der Waals surface area contributed by atoms with Crippen molar-refractivity contribution in [3.05, 3.63) is 71.8 Å². The van der Waals surface area contributed by atoms with Gasteiger partial charge in [0.2, 0.25) is 0 Å². The minimum absolute atomic E-state index is 0.209. The standard InChI is InChI=1S/2C9H13N.C7H15N.C6H13N.C4H11N/c1-8(7-10)9-5-3-2-4-6-9;1-2-9(10)8-6-4-3-5-7-8;1-2-7-4-3-5-8-6-7;1-2-6-4-3-5-7-6;1-3-4-5-2/h2-6,8H,7,10H2,1H3;3-7,9H,2,10H2,1H3;7-8H,2-6H2,1H3;6-7H,2-5H2,1H3;5H,3-4H2,1-2H3/t;;7-;6-;/m..01./s1. The van der Waals surface area contributed by atoms with Crippen LogP contribution in [0, 0.1) is 5.92 Å². The van der Waals surface area contributed by atoms with Gasteiger partial charge in [-0.1, -0.05) is 102 Å². The Hall–Kier alpha value is -1.76. The number of nitrogens with one attached hydrogen (secondary N) is 3. The van der Waals surface area contributed by atoms with E-state index in [0.717, 1.165) is 31.5 Å². The molecule has 5 heteroatoms. The van der Waals surface area contributed by atoms with Gasteiger partial charge in [-0.3, -0.25) is 0 Å². The number of hydrogen-bond donors (Lipinski definition) is 5. The summed E-state index contributed by atoms with van der Waals surface area (Å²) in [6.07, 6.45) is 10.5. The topological polar surface area (TPSA) is 88.1 Å². The van der Waals surface area contributed by atoms with Crippen molar-refractivity contribution in [2.45, 2.75) is 104 Å². The molecule has 0 saturated carbocycles. The van der Waals surface area contributed by atoms with Crippen molar-refractivity contribution in [2.75, 3.05) is 39.8 Å². The molecule has 2 aliphatic rings. The molecule has 4 rings (SSSR count). The summed E-state index contributed by atoms with van der Waals surface area (Å²) in [5, 5.41) is 9.81. The molecular weight excluding hydrogens is 490 g/mol. The van der Waals surface area contributed by atoms with Crippen LogP contribution >= 0.6 is 0 Å². The number of hydrogen-bond acceptors (Lipinski definition) is 5. The quantitative estimate of drug-likeness (QED) is 0.242. The van der Waals surface area contributed by atoms with Gasteiger partial charge in [0.15, 0.2) is 0 Å². The zero-order valence-electron chi connectivity index (χ0n) is 26.9. The second kappa shape index (κ2) is 27.4. The summed E-state index contributed by atoms with van der Waals surface area (Å²) >= 11 is 0. The molecule has 230 valence electrons. The fourth-order valence-electron chi connectivity index (χ4n) is 4.48. The van der Waals surface area contributed by atoms with Gasteiger partial charge in [-0.25, -0.2) is 0 Å². The zero-order valence-corrected chi connectivity index (χ0v) is 26.9. The van der Waals surface area contributed by atoms with E-state index in [0.29, 0.717) is 5.92 Å². The first-order valence-corrected chi connectivity index (χ1v) is 16.1. The fourth-order valence-corrected chi connectivity index (χ4v) is 4.48. The highest BCUT2D eigenvalue weighted by Crippen LogP contribution is 2.13. The molecule has 0 spiro atoms. The van der Waals surface area contributed by atoms with E-state index in [-0.39, 0.29) is 6.04 Å². The molecule has 0 aliphatic carbocycles. The number of nitrogens with two attached hydrogens (primary N) is 2. The molecule has 4 atom stereocenters. The van der Waals surface area contributed by atoms with Gasteiger partial charge in [-0.05, 0) is 108 Å². The van der Waals surface area contributed by atoms with E-state index in [2.05, 4.69) is 74.8 Å². The Morgan fingerprint density at radius 3 is 1.77 bits per heavy atom. The van der Waals surface area contributed by atoms with Crippen LogP contribution in [0.5, 0.6) is 0 Å². The van der Waals surface area contributed by atoms with Crippen molar-refractivity contribution in [3.8, 4) is 0 Å². The second-order valence-corrected chi connectivity index (χ2v) is 10.9. The van der Waals surface area contributed by atoms with Gasteiger partial charge in [0.05, 0.1) is 0 Å². The monoisotopic (exact) mass is 556 g/mol. The lowest BCUT2D eigenvalue weighted by molar-refractivity contribution is 0.369. The Morgan fingerprint density at radius 2 is 1.45 bits per heavy atom. The van der Waals surface area contributed by atoms with Crippen molar-refractivity contribution < 1.29 is 0 Å². The van der Waals surface area contributed by atoms with Crippen molar-refractivity contribution in [2.24, 2.45) is 17.4 Å². The van der Waals surface area contributed by atoms with Gasteiger partial charge >= 0.3 is 0 Å². The Bertz CT molecular complexity index is 695. The van der Waals surface area contributed by atoms with Crippen molar-refractivity contribution >= 4 is 0 Å². The molecule has 40 heavy (non-hydrogen) atoms. The van der Waals surface area contributed by atoms with Gasteiger partial charge in [0.1, 0.15) is 0 Å². The number of rotatable bonds is 8. The van der Waals surface area contributed by atoms with Crippen molar-refractivity contribution in [3.63, 3.8) is 0 Å². The Kier molecular flexibility index (Phi) is 26.2. The minimum atomic E-state index is 0.209. The second-order valence-electron chi connectivity index (χ2n) is 10.9. The molecule has 2 aliphatic heterocycles. The molecule has 0 amide bonds. The molecule has 0 aromatic heterocycles. The fraction of sp³-hybridized carbons (Fsp3) is 0.657. The zero-order chi connectivity index (χ0) is 29.8. The SMILES string of the molecule is CC(CN)c1ccccc1.CCC(N)c1ccccc1.CCCNC.CC[C@@H]1CCCN1.CC[C@H]1CCCNC1.